The smallest absolute Gasteiger partial charge is 0.254 e. The number of thioether (sulfide) groups is 1. The maximum Gasteiger partial charge on any atom is 0.254 e. The summed E-state index contributed by atoms with van der Waals surface area (Å²) in [5.74, 6) is -0.116. The third-order valence-electron chi connectivity index (χ3n) is 6.13. The molecule has 178 valence electrons. The molecule has 8 heteroatoms. The van der Waals surface area contributed by atoms with Gasteiger partial charge in [0.2, 0.25) is 5.91 Å². The highest BCUT2D eigenvalue weighted by molar-refractivity contribution is 7.98. The van der Waals surface area contributed by atoms with Crippen LogP contribution in [0.5, 0.6) is 0 Å². The third kappa shape index (κ3) is 6.27. The summed E-state index contributed by atoms with van der Waals surface area (Å²) in [7, 11) is 0. The van der Waals surface area contributed by atoms with Gasteiger partial charge in [-0.3, -0.25) is 14.5 Å². The number of aromatic nitrogens is 2. The first-order chi connectivity index (χ1) is 16.5. The molecular weight excluding hydrogens is 446 g/mol. The van der Waals surface area contributed by atoms with E-state index in [0.717, 1.165) is 38.4 Å². The number of H-pyrrole nitrogens is 1. The lowest BCUT2D eigenvalue weighted by Crippen LogP contribution is -2.45. The van der Waals surface area contributed by atoms with Crippen molar-refractivity contribution in [3.05, 3.63) is 81.8 Å². The third-order valence-corrected chi connectivity index (χ3v) is 6.71. The maximum atomic E-state index is 12.4. The van der Waals surface area contributed by atoms with Crippen molar-refractivity contribution >= 4 is 29.0 Å². The highest BCUT2D eigenvalue weighted by Gasteiger charge is 2.17. The number of nitrogens with one attached hydrogen (secondary N) is 2. The van der Waals surface area contributed by atoms with Gasteiger partial charge in [-0.05, 0) is 49.4 Å². The van der Waals surface area contributed by atoms with Crippen molar-refractivity contribution in [2.45, 2.75) is 31.5 Å². The van der Waals surface area contributed by atoms with Crippen LogP contribution in [-0.2, 0) is 17.8 Å². The number of aromatic amines is 1. The van der Waals surface area contributed by atoms with Crippen LogP contribution in [0.3, 0.4) is 0 Å². The molecule has 4 rings (SSSR count). The average Bonchev–Trinajstić information content (AvgIpc) is 2.85. The predicted octanol–water partition coefficient (Wildman–Crippen LogP) is 3.69. The maximum absolute atomic E-state index is 12.4. The molecule has 3 aromatic rings. The SMILES string of the molecule is CSc1nc(C)c(CCC(=O)Nc2ccc(N3CCN(Cc4ccccc4)CC3)cc2)c(=O)[nH]1. The Kier molecular flexibility index (Phi) is 8.03. The number of amides is 1. The van der Waals surface area contributed by atoms with E-state index in [9.17, 15) is 9.59 Å². The molecule has 7 nitrogen and oxygen atoms in total. The van der Waals surface area contributed by atoms with E-state index < -0.39 is 0 Å². The van der Waals surface area contributed by atoms with Crippen molar-refractivity contribution in [2.24, 2.45) is 0 Å². The second-order valence-electron chi connectivity index (χ2n) is 8.48. The van der Waals surface area contributed by atoms with Gasteiger partial charge in [0.15, 0.2) is 5.16 Å². The van der Waals surface area contributed by atoms with Gasteiger partial charge in [-0.1, -0.05) is 42.1 Å². The number of nitrogens with zero attached hydrogens (tertiary/aromatic N) is 3. The Morgan fingerprint density at radius 2 is 1.76 bits per heavy atom. The number of rotatable bonds is 8. The van der Waals surface area contributed by atoms with E-state index in [1.165, 1.54) is 23.0 Å². The van der Waals surface area contributed by atoms with Crippen LogP contribution in [0.1, 0.15) is 23.2 Å². The largest absolute Gasteiger partial charge is 0.369 e. The molecule has 1 aliphatic rings. The van der Waals surface area contributed by atoms with Gasteiger partial charge in [-0.2, -0.15) is 0 Å². The number of hydrogen-bond acceptors (Lipinski definition) is 6. The van der Waals surface area contributed by atoms with Gasteiger partial charge in [0.25, 0.3) is 5.56 Å². The lowest BCUT2D eigenvalue weighted by molar-refractivity contribution is -0.116. The van der Waals surface area contributed by atoms with Crippen molar-refractivity contribution in [1.82, 2.24) is 14.9 Å². The summed E-state index contributed by atoms with van der Waals surface area (Å²) in [4.78, 5) is 36.7. The molecular formula is C26H31N5O2S. The first-order valence-electron chi connectivity index (χ1n) is 11.6. The summed E-state index contributed by atoms with van der Waals surface area (Å²) in [6.45, 7) is 6.81. The standard InChI is InChI=1S/C26H31N5O2S/c1-19-23(25(33)29-26(27-19)34-2)12-13-24(32)28-21-8-10-22(11-9-21)31-16-14-30(15-17-31)18-20-6-4-3-5-7-20/h3-11H,12-18H2,1-2H3,(H,28,32)(H,27,29,33). The Morgan fingerprint density at radius 3 is 2.41 bits per heavy atom. The summed E-state index contributed by atoms with van der Waals surface area (Å²) in [6, 6.07) is 18.6. The number of anilines is 2. The zero-order chi connectivity index (χ0) is 23.9. The van der Waals surface area contributed by atoms with Crippen LogP contribution in [0.25, 0.3) is 0 Å². The molecule has 2 aromatic carbocycles. The first-order valence-corrected chi connectivity index (χ1v) is 12.8. The fourth-order valence-electron chi connectivity index (χ4n) is 4.20. The number of benzene rings is 2. The summed E-state index contributed by atoms with van der Waals surface area (Å²) in [6.07, 6.45) is 2.46. The molecule has 0 unspecified atom stereocenters. The van der Waals surface area contributed by atoms with Gasteiger partial charge in [0, 0.05) is 61.8 Å². The number of carbonyl (C=O) groups is 1. The van der Waals surface area contributed by atoms with E-state index in [1.807, 2.05) is 25.3 Å². The van der Waals surface area contributed by atoms with Gasteiger partial charge in [0.05, 0.1) is 0 Å². The summed E-state index contributed by atoms with van der Waals surface area (Å²) < 4.78 is 0. The molecule has 0 aliphatic carbocycles. The lowest BCUT2D eigenvalue weighted by atomic mass is 10.1. The highest BCUT2D eigenvalue weighted by Crippen LogP contribution is 2.20. The van der Waals surface area contributed by atoms with Crippen LogP contribution in [0.2, 0.25) is 0 Å². The second kappa shape index (κ2) is 11.4. The van der Waals surface area contributed by atoms with E-state index >= 15 is 0 Å². The van der Waals surface area contributed by atoms with Crippen LogP contribution < -0.4 is 15.8 Å². The molecule has 1 fully saturated rings. The molecule has 1 saturated heterocycles. The number of carbonyl (C=O) groups excluding carboxylic acids is 1. The molecule has 1 aliphatic heterocycles. The van der Waals surface area contributed by atoms with Crippen LogP contribution in [0.4, 0.5) is 11.4 Å². The quantitative estimate of drug-likeness (QED) is 0.380. The minimum Gasteiger partial charge on any atom is -0.369 e. The molecule has 2 heterocycles. The summed E-state index contributed by atoms with van der Waals surface area (Å²) >= 11 is 1.39. The minimum absolute atomic E-state index is 0.116. The fraction of sp³-hybridized carbons (Fsp3) is 0.346. The van der Waals surface area contributed by atoms with Crippen molar-refractivity contribution < 1.29 is 4.79 Å². The number of aryl methyl sites for hydroxylation is 1. The van der Waals surface area contributed by atoms with Gasteiger partial charge < -0.3 is 15.2 Å². The first kappa shape index (κ1) is 24.0. The molecule has 0 saturated carbocycles. The molecule has 0 radical (unpaired) electrons. The van der Waals surface area contributed by atoms with E-state index in [1.54, 1.807) is 0 Å². The van der Waals surface area contributed by atoms with E-state index in [4.69, 9.17) is 0 Å². The van der Waals surface area contributed by atoms with Crippen LogP contribution in [-0.4, -0.2) is 53.2 Å². The van der Waals surface area contributed by atoms with Gasteiger partial charge in [-0.15, -0.1) is 0 Å². The van der Waals surface area contributed by atoms with Crippen LogP contribution in [0.15, 0.2) is 64.5 Å². The number of hydrogen-bond donors (Lipinski definition) is 2. The van der Waals surface area contributed by atoms with Gasteiger partial charge in [-0.25, -0.2) is 4.98 Å². The average molecular weight is 478 g/mol. The zero-order valence-electron chi connectivity index (χ0n) is 19.7. The Morgan fingerprint density at radius 1 is 1.06 bits per heavy atom. The second-order valence-corrected chi connectivity index (χ2v) is 9.28. The molecule has 34 heavy (non-hydrogen) atoms. The van der Waals surface area contributed by atoms with Crippen LogP contribution in [0, 0.1) is 6.92 Å². The Labute approximate surface area is 204 Å². The lowest BCUT2D eigenvalue weighted by Gasteiger charge is -2.36. The van der Waals surface area contributed by atoms with Crippen LogP contribution >= 0.6 is 11.8 Å². The monoisotopic (exact) mass is 477 g/mol. The molecule has 1 aromatic heterocycles. The van der Waals surface area contributed by atoms with Gasteiger partial charge >= 0.3 is 0 Å². The molecule has 0 spiro atoms. The molecule has 0 bridgehead atoms. The van der Waals surface area contributed by atoms with E-state index in [-0.39, 0.29) is 17.9 Å². The Balaban J connectivity index is 1.25. The zero-order valence-corrected chi connectivity index (χ0v) is 20.5. The van der Waals surface area contributed by atoms with Crippen molar-refractivity contribution in [1.29, 1.82) is 0 Å². The Hall–Kier alpha value is -3.10. The van der Waals surface area contributed by atoms with Gasteiger partial charge in [0.1, 0.15) is 0 Å². The summed E-state index contributed by atoms with van der Waals surface area (Å²) in [5.41, 5.74) is 4.35. The van der Waals surface area contributed by atoms with Crippen molar-refractivity contribution in [2.75, 3.05) is 42.7 Å². The molecule has 1 amide bonds. The highest BCUT2D eigenvalue weighted by atomic mass is 32.2. The minimum atomic E-state index is -0.169. The van der Waals surface area contributed by atoms with E-state index in [2.05, 4.69) is 67.5 Å². The topological polar surface area (TPSA) is 81.3 Å². The normalized spacial score (nSPS) is 14.2. The Bertz CT molecular complexity index is 1160. The predicted molar refractivity (Wildman–Crippen MR) is 139 cm³/mol. The van der Waals surface area contributed by atoms with Crippen molar-refractivity contribution in [3.63, 3.8) is 0 Å². The molecule has 2 N–H and O–H groups in total. The van der Waals surface area contributed by atoms with Crippen molar-refractivity contribution in [3.8, 4) is 0 Å². The number of piperazine rings is 1. The summed E-state index contributed by atoms with van der Waals surface area (Å²) in [5, 5.41) is 3.53. The van der Waals surface area contributed by atoms with E-state index in [0.29, 0.717) is 22.8 Å². The molecule has 0 atom stereocenters. The fourth-order valence-corrected chi connectivity index (χ4v) is 4.62.